The van der Waals surface area contributed by atoms with Gasteiger partial charge >= 0.3 is 0 Å². The van der Waals surface area contributed by atoms with Gasteiger partial charge < -0.3 is 4.90 Å². The summed E-state index contributed by atoms with van der Waals surface area (Å²) in [6, 6.07) is 17.5. The molecule has 0 aliphatic carbocycles. The Bertz CT molecular complexity index is 783. The highest BCUT2D eigenvalue weighted by molar-refractivity contribution is 5.79. The Morgan fingerprint density at radius 3 is 2.52 bits per heavy atom. The molecule has 1 fully saturated rings. The van der Waals surface area contributed by atoms with Crippen molar-refractivity contribution in [2.45, 2.75) is 45.7 Å². The predicted molar refractivity (Wildman–Crippen MR) is 109 cm³/mol. The Balaban J connectivity index is 1.37. The Morgan fingerprint density at radius 1 is 1.00 bits per heavy atom. The summed E-state index contributed by atoms with van der Waals surface area (Å²) in [5, 5.41) is 0. The van der Waals surface area contributed by atoms with E-state index in [0.29, 0.717) is 5.91 Å². The fraction of sp³-hybridized carbons (Fsp3) is 0.458. The summed E-state index contributed by atoms with van der Waals surface area (Å²) in [5.41, 5.74) is 5.46. The predicted octanol–water partition coefficient (Wildman–Crippen LogP) is 4.05. The van der Waals surface area contributed by atoms with Crippen molar-refractivity contribution in [1.29, 1.82) is 0 Å². The Labute approximate surface area is 163 Å². The number of piperidine rings is 1. The van der Waals surface area contributed by atoms with Gasteiger partial charge in [0, 0.05) is 26.2 Å². The number of carbonyl (C=O) groups is 1. The average molecular weight is 363 g/mol. The zero-order valence-electron chi connectivity index (χ0n) is 16.4. The quantitative estimate of drug-likeness (QED) is 0.819. The van der Waals surface area contributed by atoms with E-state index in [1.165, 1.54) is 22.3 Å². The molecule has 1 atom stereocenters. The van der Waals surface area contributed by atoms with Crippen molar-refractivity contribution in [1.82, 2.24) is 9.80 Å². The fourth-order valence-electron chi connectivity index (χ4n) is 4.48. The topological polar surface area (TPSA) is 23.6 Å². The van der Waals surface area contributed by atoms with Gasteiger partial charge in [-0.05, 0) is 54.5 Å². The van der Waals surface area contributed by atoms with Crippen LogP contribution in [0.2, 0.25) is 0 Å². The molecule has 2 heterocycles. The van der Waals surface area contributed by atoms with Crippen molar-refractivity contribution >= 4 is 5.91 Å². The number of aryl methyl sites for hydroxylation is 1. The highest BCUT2D eigenvalue weighted by atomic mass is 16.2. The third-order valence-corrected chi connectivity index (χ3v) is 6.13. The van der Waals surface area contributed by atoms with Gasteiger partial charge in [-0.2, -0.15) is 0 Å². The highest BCUT2D eigenvalue weighted by Gasteiger charge is 2.30. The van der Waals surface area contributed by atoms with E-state index in [-0.39, 0.29) is 5.92 Å². The van der Waals surface area contributed by atoms with Gasteiger partial charge in [-0.25, -0.2) is 0 Å². The van der Waals surface area contributed by atoms with Gasteiger partial charge in [-0.15, -0.1) is 0 Å². The van der Waals surface area contributed by atoms with Gasteiger partial charge in [-0.1, -0.05) is 55.5 Å². The molecule has 27 heavy (non-hydrogen) atoms. The maximum absolute atomic E-state index is 13.1. The molecule has 142 valence electrons. The lowest BCUT2D eigenvalue weighted by Gasteiger charge is -2.36. The number of hydrogen-bond acceptors (Lipinski definition) is 2. The number of benzene rings is 2. The normalized spacial score (nSPS) is 20.3. The Morgan fingerprint density at radius 2 is 1.74 bits per heavy atom. The average Bonchev–Trinajstić information content (AvgIpc) is 2.73. The molecule has 0 saturated carbocycles. The van der Waals surface area contributed by atoms with E-state index in [1.54, 1.807) is 0 Å². The van der Waals surface area contributed by atoms with Crippen LogP contribution in [0, 0.1) is 5.92 Å². The third-order valence-electron chi connectivity index (χ3n) is 6.13. The molecule has 0 radical (unpaired) electrons. The number of amides is 1. The molecule has 4 rings (SSSR count). The first kappa shape index (κ1) is 18.2. The van der Waals surface area contributed by atoms with Crippen LogP contribution in [0.4, 0.5) is 0 Å². The van der Waals surface area contributed by atoms with Crippen LogP contribution < -0.4 is 0 Å². The highest BCUT2D eigenvalue weighted by Crippen LogP contribution is 2.25. The standard InChI is InChI=1S/C24H30N2O/c1-2-19-9-11-20(12-10-19)16-25-14-5-8-23(17-25)24(27)26-15-13-21-6-3-4-7-22(21)18-26/h3-4,6-7,9-12,23H,2,5,8,13-18H2,1H3/t23-/m1/s1. The minimum Gasteiger partial charge on any atom is -0.338 e. The molecular weight excluding hydrogens is 332 g/mol. The van der Waals surface area contributed by atoms with E-state index in [1.807, 2.05) is 0 Å². The first-order valence-corrected chi connectivity index (χ1v) is 10.4. The lowest BCUT2D eigenvalue weighted by atomic mass is 9.93. The van der Waals surface area contributed by atoms with E-state index in [0.717, 1.165) is 58.4 Å². The van der Waals surface area contributed by atoms with E-state index < -0.39 is 0 Å². The van der Waals surface area contributed by atoms with Gasteiger partial charge in [0.05, 0.1) is 5.92 Å². The molecule has 0 bridgehead atoms. The number of likely N-dealkylation sites (tertiary alicyclic amines) is 1. The maximum atomic E-state index is 13.1. The molecule has 3 heteroatoms. The number of nitrogens with zero attached hydrogens (tertiary/aromatic N) is 2. The van der Waals surface area contributed by atoms with Crippen LogP contribution in [-0.4, -0.2) is 35.3 Å². The lowest BCUT2D eigenvalue weighted by molar-refractivity contribution is -0.138. The van der Waals surface area contributed by atoms with Gasteiger partial charge in [0.15, 0.2) is 0 Å². The second kappa shape index (κ2) is 8.26. The van der Waals surface area contributed by atoms with Crippen LogP contribution in [0.15, 0.2) is 48.5 Å². The number of fused-ring (bicyclic) bond motifs is 1. The molecule has 2 aromatic rings. The van der Waals surface area contributed by atoms with E-state index in [9.17, 15) is 4.79 Å². The smallest absolute Gasteiger partial charge is 0.227 e. The molecule has 0 N–H and O–H groups in total. The molecule has 2 aliphatic heterocycles. The van der Waals surface area contributed by atoms with Crippen molar-refractivity contribution in [2.75, 3.05) is 19.6 Å². The first-order valence-electron chi connectivity index (χ1n) is 10.4. The zero-order chi connectivity index (χ0) is 18.6. The van der Waals surface area contributed by atoms with Crippen molar-refractivity contribution in [2.24, 2.45) is 5.92 Å². The molecular formula is C24H30N2O. The van der Waals surface area contributed by atoms with Crippen molar-refractivity contribution < 1.29 is 4.79 Å². The summed E-state index contributed by atoms with van der Waals surface area (Å²) in [6.45, 7) is 6.79. The molecule has 3 nitrogen and oxygen atoms in total. The van der Waals surface area contributed by atoms with Gasteiger partial charge in [-0.3, -0.25) is 9.69 Å². The Hall–Kier alpha value is -2.13. The van der Waals surface area contributed by atoms with E-state index >= 15 is 0 Å². The molecule has 0 aromatic heterocycles. The molecule has 0 unspecified atom stereocenters. The number of carbonyl (C=O) groups excluding carboxylic acids is 1. The largest absolute Gasteiger partial charge is 0.338 e. The van der Waals surface area contributed by atoms with Crippen LogP contribution in [-0.2, 0) is 30.7 Å². The van der Waals surface area contributed by atoms with Crippen molar-refractivity contribution in [3.05, 3.63) is 70.8 Å². The third kappa shape index (κ3) is 4.24. The molecule has 2 aliphatic rings. The second-order valence-corrected chi connectivity index (χ2v) is 8.02. The number of rotatable bonds is 4. The second-order valence-electron chi connectivity index (χ2n) is 8.02. The van der Waals surface area contributed by atoms with Crippen LogP contribution in [0.25, 0.3) is 0 Å². The summed E-state index contributed by atoms with van der Waals surface area (Å²) in [5.74, 6) is 0.509. The number of hydrogen-bond donors (Lipinski definition) is 0. The van der Waals surface area contributed by atoms with Gasteiger partial charge in [0.1, 0.15) is 0 Å². The van der Waals surface area contributed by atoms with E-state index in [2.05, 4.69) is 65.3 Å². The lowest BCUT2D eigenvalue weighted by Crippen LogP contribution is -2.46. The van der Waals surface area contributed by atoms with E-state index in [4.69, 9.17) is 0 Å². The fourth-order valence-corrected chi connectivity index (χ4v) is 4.48. The first-order chi connectivity index (χ1) is 13.2. The summed E-state index contributed by atoms with van der Waals surface area (Å²) in [4.78, 5) is 17.7. The summed E-state index contributed by atoms with van der Waals surface area (Å²) in [6.07, 6.45) is 4.22. The van der Waals surface area contributed by atoms with Gasteiger partial charge in [0.2, 0.25) is 5.91 Å². The molecule has 2 aromatic carbocycles. The van der Waals surface area contributed by atoms with Gasteiger partial charge in [0.25, 0.3) is 0 Å². The van der Waals surface area contributed by atoms with Crippen LogP contribution in [0.3, 0.4) is 0 Å². The van der Waals surface area contributed by atoms with Crippen molar-refractivity contribution in [3.8, 4) is 0 Å². The van der Waals surface area contributed by atoms with Crippen molar-refractivity contribution in [3.63, 3.8) is 0 Å². The Kier molecular flexibility index (Phi) is 5.58. The monoisotopic (exact) mass is 362 g/mol. The molecule has 0 spiro atoms. The van der Waals surface area contributed by atoms with Crippen LogP contribution >= 0.6 is 0 Å². The van der Waals surface area contributed by atoms with Crippen LogP contribution in [0.5, 0.6) is 0 Å². The maximum Gasteiger partial charge on any atom is 0.227 e. The molecule has 1 saturated heterocycles. The SMILES string of the molecule is CCc1ccc(CN2CCC[C@@H](C(=O)N3CCc4ccccc4C3)C2)cc1. The minimum atomic E-state index is 0.152. The molecule has 1 amide bonds. The summed E-state index contributed by atoms with van der Waals surface area (Å²) < 4.78 is 0. The van der Waals surface area contributed by atoms with Crippen LogP contribution in [0.1, 0.15) is 42.0 Å². The summed E-state index contributed by atoms with van der Waals surface area (Å²) in [7, 11) is 0. The minimum absolute atomic E-state index is 0.152. The zero-order valence-corrected chi connectivity index (χ0v) is 16.4. The summed E-state index contributed by atoms with van der Waals surface area (Å²) >= 11 is 0.